The smallest absolute Gasteiger partial charge is 0.266 e. The van der Waals surface area contributed by atoms with Crippen LogP contribution in [0.25, 0.3) is 0 Å². The topological polar surface area (TPSA) is 64.4 Å². The minimum absolute atomic E-state index is 0.326. The van der Waals surface area contributed by atoms with Crippen LogP contribution in [-0.4, -0.2) is 17.2 Å². The van der Waals surface area contributed by atoms with E-state index >= 15 is 0 Å². The Morgan fingerprint density at radius 3 is 2.85 bits per heavy atom. The number of nitrogens with one attached hydrogen (secondary N) is 1. The predicted molar refractivity (Wildman–Crippen MR) is 76.3 cm³/mol. The molecule has 0 fully saturated rings. The van der Waals surface area contributed by atoms with Crippen LogP contribution in [0.5, 0.6) is 5.75 Å². The van der Waals surface area contributed by atoms with Gasteiger partial charge in [0.2, 0.25) is 0 Å². The monoisotopic (exact) mass is 314 g/mol. The van der Waals surface area contributed by atoms with Crippen LogP contribution in [0.1, 0.15) is 13.3 Å². The van der Waals surface area contributed by atoms with Gasteiger partial charge in [-0.25, -0.2) is 0 Å². The van der Waals surface area contributed by atoms with Crippen molar-refractivity contribution in [2.45, 2.75) is 19.4 Å². The van der Waals surface area contributed by atoms with Crippen LogP contribution in [0, 0.1) is 0 Å². The summed E-state index contributed by atoms with van der Waals surface area (Å²) in [6.07, 6.45) is 1.15. The normalized spacial score (nSPS) is 11.9. The van der Waals surface area contributed by atoms with Crippen LogP contribution < -0.4 is 10.1 Å². The zero-order valence-electron chi connectivity index (χ0n) is 10.6. The molecular formula is C13H12Cl2N2O3. The molecule has 0 radical (unpaired) electrons. The van der Waals surface area contributed by atoms with E-state index in [0.29, 0.717) is 28.0 Å². The summed E-state index contributed by atoms with van der Waals surface area (Å²) in [6, 6.07) is 6.36. The quantitative estimate of drug-likeness (QED) is 0.912. The highest BCUT2D eigenvalue weighted by atomic mass is 35.5. The van der Waals surface area contributed by atoms with Crippen LogP contribution in [-0.2, 0) is 4.79 Å². The van der Waals surface area contributed by atoms with Gasteiger partial charge in [0.15, 0.2) is 11.9 Å². The van der Waals surface area contributed by atoms with Crippen LogP contribution >= 0.6 is 23.2 Å². The number of halogens is 2. The fourth-order valence-corrected chi connectivity index (χ4v) is 1.98. The molecule has 20 heavy (non-hydrogen) atoms. The van der Waals surface area contributed by atoms with Gasteiger partial charge in [0, 0.05) is 11.1 Å². The number of ether oxygens (including phenoxy) is 1. The van der Waals surface area contributed by atoms with Gasteiger partial charge in [0.1, 0.15) is 12.0 Å². The van der Waals surface area contributed by atoms with E-state index < -0.39 is 6.10 Å². The first-order valence-electron chi connectivity index (χ1n) is 5.93. The summed E-state index contributed by atoms with van der Waals surface area (Å²) in [5.41, 5.74) is 0. The Labute approximate surface area is 125 Å². The van der Waals surface area contributed by atoms with Gasteiger partial charge < -0.3 is 14.6 Å². The molecule has 1 N–H and O–H groups in total. The molecule has 0 spiro atoms. The minimum atomic E-state index is -0.689. The molecule has 0 bridgehead atoms. The lowest BCUT2D eigenvalue weighted by Gasteiger charge is -2.17. The highest BCUT2D eigenvalue weighted by molar-refractivity contribution is 6.35. The highest BCUT2D eigenvalue weighted by Gasteiger charge is 2.20. The third-order valence-electron chi connectivity index (χ3n) is 2.52. The van der Waals surface area contributed by atoms with E-state index in [1.165, 1.54) is 6.26 Å². The van der Waals surface area contributed by atoms with E-state index in [1.807, 2.05) is 6.92 Å². The summed E-state index contributed by atoms with van der Waals surface area (Å²) in [6.45, 7) is 1.83. The first-order valence-corrected chi connectivity index (χ1v) is 6.68. The molecular weight excluding hydrogens is 303 g/mol. The average Bonchev–Trinajstić information content (AvgIpc) is 2.90. The molecule has 0 aliphatic rings. The average molecular weight is 315 g/mol. The molecule has 1 amide bonds. The molecule has 2 rings (SSSR count). The van der Waals surface area contributed by atoms with Gasteiger partial charge in [-0.05, 0) is 24.6 Å². The second-order valence-electron chi connectivity index (χ2n) is 3.96. The number of amides is 1. The van der Waals surface area contributed by atoms with Crippen molar-refractivity contribution >= 4 is 34.9 Å². The summed E-state index contributed by atoms with van der Waals surface area (Å²) in [4.78, 5) is 12.0. The van der Waals surface area contributed by atoms with Crippen molar-refractivity contribution in [3.05, 3.63) is 40.6 Å². The first-order chi connectivity index (χ1) is 9.60. The van der Waals surface area contributed by atoms with Crippen molar-refractivity contribution in [3.8, 4) is 5.75 Å². The van der Waals surface area contributed by atoms with Crippen LogP contribution in [0.3, 0.4) is 0 Å². The zero-order chi connectivity index (χ0) is 14.5. The van der Waals surface area contributed by atoms with E-state index in [4.69, 9.17) is 27.9 Å². The molecule has 1 aromatic heterocycles. The Morgan fingerprint density at radius 2 is 2.25 bits per heavy atom. The maximum absolute atomic E-state index is 12.0. The number of aromatic nitrogens is 1. The van der Waals surface area contributed by atoms with Crippen molar-refractivity contribution in [3.63, 3.8) is 0 Å². The standard InChI is InChI=1S/C13H12Cl2N2O3/c1-2-10(13(18)16-12-5-6-19-17-12)20-11-4-3-8(14)7-9(11)15/h3-7,10H,2H2,1H3,(H,16,17,18). The maximum Gasteiger partial charge on any atom is 0.266 e. The zero-order valence-corrected chi connectivity index (χ0v) is 12.1. The SMILES string of the molecule is CCC(Oc1ccc(Cl)cc1Cl)C(=O)Nc1ccon1. The number of hydrogen-bond acceptors (Lipinski definition) is 4. The molecule has 0 saturated carbocycles. The third-order valence-corrected chi connectivity index (χ3v) is 3.05. The summed E-state index contributed by atoms with van der Waals surface area (Å²) in [5, 5.41) is 7.04. The van der Waals surface area contributed by atoms with E-state index in [1.54, 1.807) is 24.3 Å². The molecule has 0 aliphatic carbocycles. The lowest BCUT2D eigenvalue weighted by molar-refractivity contribution is -0.122. The maximum atomic E-state index is 12.0. The van der Waals surface area contributed by atoms with Crippen molar-refractivity contribution in [2.24, 2.45) is 0 Å². The molecule has 1 atom stereocenters. The molecule has 0 aliphatic heterocycles. The summed E-state index contributed by atoms with van der Waals surface area (Å²) >= 11 is 11.8. The predicted octanol–water partition coefficient (Wildman–Crippen LogP) is 3.78. The van der Waals surface area contributed by atoms with Crippen molar-refractivity contribution in [2.75, 3.05) is 5.32 Å². The third kappa shape index (κ3) is 3.65. The molecule has 1 unspecified atom stereocenters. The lowest BCUT2D eigenvalue weighted by atomic mass is 10.2. The number of anilines is 1. The van der Waals surface area contributed by atoms with Crippen LogP contribution in [0.2, 0.25) is 10.0 Å². The van der Waals surface area contributed by atoms with E-state index in [9.17, 15) is 4.79 Å². The molecule has 2 aromatic rings. The van der Waals surface area contributed by atoms with Gasteiger partial charge in [0.25, 0.3) is 5.91 Å². The van der Waals surface area contributed by atoms with E-state index in [0.717, 1.165) is 0 Å². The van der Waals surface area contributed by atoms with Gasteiger partial charge in [0.05, 0.1) is 5.02 Å². The molecule has 106 valence electrons. The number of benzene rings is 1. The fourth-order valence-electron chi connectivity index (χ4n) is 1.53. The highest BCUT2D eigenvalue weighted by Crippen LogP contribution is 2.28. The Balaban J connectivity index is 2.06. The van der Waals surface area contributed by atoms with Crippen LogP contribution in [0.4, 0.5) is 5.82 Å². The summed E-state index contributed by atoms with van der Waals surface area (Å²) in [7, 11) is 0. The number of hydrogen-bond donors (Lipinski definition) is 1. The van der Waals surface area contributed by atoms with Gasteiger partial charge in [-0.15, -0.1) is 0 Å². The van der Waals surface area contributed by atoms with Gasteiger partial charge in [-0.3, -0.25) is 4.79 Å². The fraction of sp³-hybridized carbons (Fsp3) is 0.231. The number of carbonyl (C=O) groups is 1. The number of rotatable bonds is 5. The van der Waals surface area contributed by atoms with Crippen molar-refractivity contribution in [1.82, 2.24) is 5.16 Å². The molecule has 1 heterocycles. The number of nitrogens with zero attached hydrogens (tertiary/aromatic N) is 1. The second-order valence-corrected chi connectivity index (χ2v) is 4.81. The largest absolute Gasteiger partial charge is 0.479 e. The molecule has 7 heteroatoms. The molecule has 1 aromatic carbocycles. The Bertz CT molecular complexity index is 587. The molecule has 0 saturated heterocycles. The van der Waals surface area contributed by atoms with E-state index in [-0.39, 0.29) is 5.91 Å². The second kappa shape index (κ2) is 6.63. The molecule has 5 nitrogen and oxygen atoms in total. The Hall–Kier alpha value is -1.72. The Morgan fingerprint density at radius 1 is 1.45 bits per heavy atom. The first kappa shape index (κ1) is 14.7. The van der Waals surface area contributed by atoms with Crippen molar-refractivity contribution in [1.29, 1.82) is 0 Å². The summed E-state index contributed by atoms with van der Waals surface area (Å²) < 4.78 is 10.2. The van der Waals surface area contributed by atoms with Crippen molar-refractivity contribution < 1.29 is 14.1 Å². The minimum Gasteiger partial charge on any atom is -0.479 e. The van der Waals surface area contributed by atoms with E-state index in [2.05, 4.69) is 15.0 Å². The Kier molecular flexibility index (Phi) is 4.87. The number of carbonyl (C=O) groups excluding carboxylic acids is 1. The lowest BCUT2D eigenvalue weighted by Crippen LogP contribution is -2.32. The van der Waals surface area contributed by atoms with Gasteiger partial charge in [-0.2, -0.15) is 0 Å². The van der Waals surface area contributed by atoms with Gasteiger partial charge in [-0.1, -0.05) is 35.3 Å². The van der Waals surface area contributed by atoms with Crippen LogP contribution in [0.15, 0.2) is 35.1 Å². The summed E-state index contributed by atoms with van der Waals surface area (Å²) in [5.74, 6) is 0.407. The van der Waals surface area contributed by atoms with Gasteiger partial charge >= 0.3 is 0 Å².